The van der Waals surface area contributed by atoms with E-state index in [-0.39, 0.29) is 11.6 Å². The quantitative estimate of drug-likeness (QED) is 0.743. The fourth-order valence-electron chi connectivity index (χ4n) is 4.74. The highest BCUT2D eigenvalue weighted by Gasteiger charge is 2.29. The summed E-state index contributed by atoms with van der Waals surface area (Å²) in [5.74, 6) is 2.01. The molecule has 0 bridgehead atoms. The van der Waals surface area contributed by atoms with Crippen molar-refractivity contribution in [3.05, 3.63) is 81.0 Å². The molecule has 0 amide bonds. The molecule has 2 aliphatic rings. The molecule has 4 heteroatoms. The van der Waals surface area contributed by atoms with Crippen LogP contribution in [0.5, 0.6) is 0 Å². The van der Waals surface area contributed by atoms with Gasteiger partial charge in [-0.1, -0.05) is 24.3 Å². The third kappa shape index (κ3) is 2.85. The minimum Gasteiger partial charge on any atom is -0.459 e. The van der Waals surface area contributed by atoms with Gasteiger partial charge in [0.25, 0.3) is 5.56 Å². The molecule has 0 radical (unpaired) electrons. The van der Waals surface area contributed by atoms with Crippen molar-refractivity contribution in [1.82, 2.24) is 4.98 Å². The standard InChI is InChI=1S/C23H24N2O2/c24-22(16-11-14-5-1-2-6-15(14)12-16)21-10-9-20(27-21)19-13-25-23(26)18-8-4-3-7-17(18)19/h1-2,5-6,9-10,13,16,22H,3-4,7-8,11-12,24H2,(H,25,26). The number of H-pyrrole nitrogens is 1. The van der Waals surface area contributed by atoms with E-state index in [0.717, 1.165) is 66.7 Å². The van der Waals surface area contributed by atoms with Crippen LogP contribution in [0.2, 0.25) is 0 Å². The third-order valence-electron chi connectivity index (χ3n) is 6.23. The predicted octanol–water partition coefficient (Wildman–Crippen LogP) is 3.93. The second-order valence-electron chi connectivity index (χ2n) is 7.86. The lowest BCUT2D eigenvalue weighted by atomic mass is 9.89. The molecule has 3 N–H and O–H groups in total. The van der Waals surface area contributed by atoms with Gasteiger partial charge in [-0.25, -0.2) is 0 Å². The summed E-state index contributed by atoms with van der Waals surface area (Å²) >= 11 is 0. The lowest BCUT2D eigenvalue weighted by molar-refractivity contribution is 0.378. The van der Waals surface area contributed by atoms with Gasteiger partial charge in [-0.3, -0.25) is 4.79 Å². The Hall–Kier alpha value is -2.59. The zero-order chi connectivity index (χ0) is 18.4. The van der Waals surface area contributed by atoms with Gasteiger partial charge in [0.1, 0.15) is 11.5 Å². The first-order valence-electron chi connectivity index (χ1n) is 9.86. The Morgan fingerprint density at radius 2 is 1.70 bits per heavy atom. The van der Waals surface area contributed by atoms with Gasteiger partial charge >= 0.3 is 0 Å². The van der Waals surface area contributed by atoms with Crippen molar-refractivity contribution in [1.29, 1.82) is 0 Å². The summed E-state index contributed by atoms with van der Waals surface area (Å²) in [6.45, 7) is 0. The van der Waals surface area contributed by atoms with Crippen LogP contribution >= 0.6 is 0 Å². The monoisotopic (exact) mass is 360 g/mol. The Bertz CT molecular complexity index is 1020. The Labute approximate surface area is 158 Å². The summed E-state index contributed by atoms with van der Waals surface area (Å²) < 4.78 is 6.20. The van der Waals surface area contributed by atoms with E-state index >= 15 is 0 Å². The molecule has 2 aromatic heterocycles. The number of aromatic amines is 1. The maximum atomic E-state index is 12.1. The molecule has 0 fully saturated rings. The van der Waals surface area contributed by atoms with E-state index in [4.69, 9.17) is 10.2 Å². The molecule has 4 nitrogen and oxygen atoms in total. The van der Waals surface area contributed by atoms with Gasteiger partial charge in [0.15, 0.2) is 0 Å². The number of nitrogens with one attached hydrogen (secondary N) is 1. The third-order valence-corrected chi connectivity index (χ3v) is 6.23. The number of hydrogen-bond donors (Lipinski definition) is 2. The van der Waals surface area contributed by atoms with Crippen LogP contribution in [-0.2, 0) is 25.7 Å². The molecular weight excluding hydrogens is 336 g/mol. The highest BCUT2D eigenvalue weighted by atomic mass is 16.3. The van der Waals surface area contributed by atoms with Crippen molar-refractivity contribution < 1.29 is 4.42 Å². The summed E-state index contributed by atoms with van der Waals surface area (Å²) in [4.78, 5) is 15.0. The van der Waals surface area contributed by atoms with E-state index in [0.29, 0.717) is 5.92 Å². The first kappa shape index (κ1) is 16.6. The smallest absolute Gasteiger partial charge is 0.251 e. The Kier molecular flexibility index (Phi) is 4.01. The number of hydrogen-bond acceptors (Lipinski definition) is 3. The van der Waals surface area contributed by atoms with Gasteiger partial charge in [-0.05, 0) is 73.3 Å². The first-order chi connectivity index (χ1) is 13.2. The fourth-order valence-corrected chi connectivity index (χ4v) is 4.74. The molecule has 2 heterocycles. The van der Waals surface area contributed by atoms with Gasteiger partial charge in [-0.2, -0.15) is 0 Å². The van der Waals surface area contributed by atoms with E-state index in [1.807, 2.05) is 12.1 Å². The molecule has 0 saturated carbocycles. The van der Waals surface area contributed by atoms with Crippen LogP contribution in [-0.4, -0.2) is 4.98 Å². The van der Waals surface area contributed by atoms with Crippen molar-refractivity contribution in [2.24, 2.45) is 11.7 Å². The highest BCUT2D eigenvalue weighted by molar-refractivity contribution is 5.63. The maximum absolute atomic E-state index is 12.1. The summed E-state index contributed by atoms with van der Waals surface area (Å²) in [7, 11) is 0. The van der Waals surface area contributed by atoms with Gasteiger partial charge in [0.2, 0.25) is 0 Å². The number of furan rings is 1. The maximum Gasteiger partial charge on any atom is 0.251 e. The second-order valence-corrected chi connectivity index (χ2v) is 7.86. The van der Waals surface area contributed by atoms with Gasteiger partial charge in [0.05, 0.1) is 6.04 Å². The molecule has 1 unspecified atom stereocenters. The number of nitrogens with two attached hydrogens (primary N) is 1. The lowest BCUT2D eigenvalue weighted by Gasteiger charge is -2.18. The fraction of sp³-hybridized carbons (Fsp3) is 0.348. The minimum atomic E-state index is -0.121. The van der Waals surface area contributed by atoms with Crippen LogP contribution in [0.1, 0.15) is 46.9 Å². The molecule has 5 rings (SSSR count). The van der Waals surface area contributed by atoms with E-state index in [2.05, 4.69) is 29.2 Å². The van der Waals surface area contributed by atoms with E-state index in [9.17, 15) is 4.79 Å². The van der Waals surface area contributed by atoms with Crippen LogP contribution in [0.3, 0.4) is 0 Å². The van der Waals surface area contributed by atoms with Crippen molar-refractivity contribution in [2.45, 2.75) is 44.6 Å². The average molecular weight is 360 g/mol. The van der Waals surface area contributed by atoms with E-state index in [1.165, 1.54) is 11.1 Å². The number of fused-ring (bicyclic) bond motifs is 2. The molecule has 0 aliphatic heterocycles. The molecule has 2 aliphatic carbocycles. The number of aromatic nitrogens is 1. The van der Waals surface area contributed by atoms with Gasteiger partial charge < -0.3 is 15.1 Å². The van der Waals surface area contributed by atoms with Crippen LogP contribution in [0, 0.1) is 5.92 Å². The molecule has 0 saturated heterocycles. The molecule has 1 atom stereocenters. The first-order valence-corrected chi connectivity index (χ1v) is 9.86. The Morgan fingerprint density at radius 3 is 2.44 bits per heavy atom. The zero-order valence-corrected chi connectivity index (χ0v) is 15.3. The lowest BCUT2D eigenvalue weighted by Crippen LogP contribution is -2.21. The summed E-state index contributed by atoms with van der Waals surface area (Å²) in [5, 5.41) is 0. The zero-order valence-electron chi connectivity index (χ0n) is 15.3. The Morgan fingerprint density at radius 1 is 1.00 bits per heavy atom. The molecular formula is C23H24N2O2. The van der Waals surface area contributed by atoms with Crippen LogP contribution in [0.15, 0.2) is 51.8 Å². The van der Waals surface area contributed by atoms with E-state index in [1.54, 1.807) is 6.20 Å². The predicted molar refractivity (Wildman–Crippen MR) is 106 cm³/mol. The molecule has 1 aromatic carbocycles. The van der Waals surface area contributed by atoms with Crippen molar-refractivity contribution in [2.75, 3.05) is 0 Å². The molecule has 27 heavy (non-hydrogen) atoms. The van der Waals surface area contributed by atoms with Crippen molar-refractivity contribution >= 4 is 0 Å². The van der Waals surface area contributed by atoms with Crippen molar-refractivity contribution in [3.8, 4) is 11.3 Å². The SMILES string of the molecule is NC(c1ccc(-c2c[nH]c(=O)c3c2CCCC3)o1)C1Cc2ccccc2C1. The van der Waals surface area contributed by atoms with Crippen LogP contribution in [0.4, 0.5) is 0 Å². The highest BCUT2D eigenvalue weighted by Crippen LogP contribution is 2.37. The molecule has 3 aromatic rings. The number of rotatable bonds is 3. The van der Waals surface area contributed by atoms with E-state index < -0.39 is 0 Å². The summed E-state index contributed by atoms with van der Waals surface area (Å²) in [6.07, 6.45) is 7.79. The largest absolute Gasteiger partial charge is 0.459 e. The average Bonchev–Trinajstić information content (AvgIpc) is 3.35. The van der Waals surface area contributed by atoms with Gasteiger partial charge in [-0.15, -0.1) is 0 Å². The van der Waals surface area contributed by atoms with Crippen LogP contribution < -0.4 is 11.3 Å². The molecule has 138 valence electrons. The van der Waals surface area contributed by atoms with Crippen molar-refractivity contribution in [3.63, 3.8) is 0 Å². The topological polar surface area (TPSA) is 72.0 Å². The summed E-state index contributed by atoms with van der Waals surface area (Å²) in [5.41, 5.74) is 12.5. The normalized spacial score (nSPS) is 17.5. The Balaban J connectivity index is 1.43. The summed E-state index contributed by atoms with van der Waals surface area (Å²) in [6, 6.07) is 12.5. The second kappa shape index (κ2) is 6.54. The van der Waals surface area contributed by atoms with Crippen LogP contribution in [0.25, 0.3) is 11.3 Å². The molecule has 0 spiro atoms. The minimum absolute atomic E-state index is 0.0423. The number of benzene rings is 1. The number of pyridine rings is 1. The van der Waals surface area contributed by atoms with Gasteiger partial charge in [0, 0.05) is 17.3 Å².